The summed E-state index contributed by atoms with van der Waals surface area (Å²) in [6.45, 7) is 0. The van der Waals surface area contributed by atoms with Gasteiger partial charge in [0, 0.05) is 6.07 Å². The zero-order valence-corrected chi connectivity index (χ0v) is 6.33. The molecule has 0 spiro atoms. The fourth-order valence-corrected chi connectivity index (χ4v) is 0.593. The maximum absolute atomic E-state index is 12.3. The van der Waals surface area contributed by atoms with Gasteiger partial charge in [-0.1, -0.05) is 0 Å². The van der Waals surface area contributed by atoms with Gasteiger partial charge in [-0.05, 0) is 18.2 Å². The van der Waals surface area contributed by atoms with Crippen molar-refractivity contribution < 1.29 is 18.7 Å². The molecule has 0 aliphatic carbocycles. The molecular formula is C8H6FO3. The van der Waals surface area contributed by atoms with Crippen LogP contribution in [0.2, 0.25) is 0 Å². The molecule has 1 aromatic rings. The summed E-state index contributed by atoms with van der Waals surface area (Å²) in [7, 11) is 1.19. The molecule has 4 heteroatoms. The second-order valence-corrected chi connectivity index (χ2v) is 1.93. The van der Waals surface area contributed by atoms with Crippen LogP contribution in [-0.4, -0.2) is 13.3 Å². The Morgan fingerprint density at radius 3 is 2.83 bits per heavy atom. The summed E-state index contributed by atoms with van der Waals surface area (Å²) in [6, 6.07) is 5.89. The van der Waals surface area contributed by atoms with E-state index in [1.165, 1.54) is 19.2 Å². The Kier molecular flexibility index (Phi) is 2.63. The van der Waals surface area contributed by atoms with Crippen molar-refractivity contribution in [2.45, 2.75) is 0 Å². The van der Waals surface area contributed by atoms with Crippen molar-refractivity contribution in [3.63, 3.8) is 0 Å². The molecule has 0 atom stereocenters. The molecule has 0 fully saturated rings. The molecule has 0 amide bonds. The molecule has 12 heavy (non-hydrogen) atoms. The maximum atomic E-state index is 12.3. The lowest BCUT2D eigenvalue weighted by atomic mass is 10.3. The number of benzene rings is 1. The van der Waals surface area contributed by atoms with Gasteiger partial charge >= 0.3 is 6.16 Å². The van der Waals surface area contributed by atoms with E-state index in [1.807, 2.05) is 0 Å². The smallest absolute Gasteiger partial charge is 0.437 e. The molecule has 0 saturated heterocycles. The molecule has 1 radical (unpaired) electrons. The normalized spacial score (nSPS) is 9.17. The number of carbonyl (C=O) groups is 1. The standard InChI is InChI=1S/C8H6FO3/c1-11-8(10)12-7-4-2-6(9)3-5-7/h2,4-5H,1H3. The fourth-order valence-electron chi connectivity index (χ4n) is 0.593. The Balaban J connectivity index is 2.64. The molecule has 1 rings (SSSR count). The first-order valence-electron chi connectivity index (χ1n) is 3.15. The van der Waals surface area contributed by atoms with Crippen molar-refractivity contribution in [1.82, 2.24) is 0 Å². The first kappa shape index (κ1) is 8.52. The van der Waals surface area contributed by atoms with Gasteiger partial charge in [0.05, 0.1) is 7.11 Å². The predicted molar refractivity (Wildman–Crippen MR) is 38.3 cm³/mol. The van der Waals surface area contributed by atoms with Crippen LogP contribution >= 0.6 is 0 Å². The maximum Gasteiger partial charge on any atom is 0.513 e. The summed E-state index contributed by atoms with van der Waals surface area (Å²) in [4.78, 5) is 10.5. The molecule has 0 N–H and O–H groups in total. The van der Waals surface area contributed by atoms with E-state index in [-0.39, 0.29) is 5.75 Å². The third kappa shape index (κ3) is 2.23. The topological polar surface area (TPSA) is 35.5 Å². The first-order chi connectivity index (χ1) is 5.72. The van der Waals surface area contributed by atoms with Gasteiger partial charge in [-0.2, -0.15) is 0 Å². The Bertz CT molecular complexity index is 268. The van der Waals surface area contributed by atoms with Crippen molar-refractivity contribution in [2.24, 2.45) is 0 Å². The first-order valence-corrected chi connectivity index (χ1v) is 3.15. The Hall–Kier alpha value is -1.58. The summed E-state index contributed by atoms with van der Waals surface area (Å²) in [6.07, 6.45) is -0.838. The Labute approximate surface area is 68.7 Å². The molecule has 0 heterocycles. The summed E-state index contributed by atoms with van der Waals surface area (Å²) < 4.78 is 21.1. The van der Waals surface area contributed by atoms with Crippen LogP contribution in [-0.2, 0) is 4.74 Å². The zero-order valence-electron chi connectivity index (χ0n) is 6.33. The van der Waals surface area contributed by atoms with Gasteiger partial charge in [0.15, 0.2) is 0 Å². The number of halogens is 1. The zero-order chi connectivity index (χ0) is 8.97. The lowest BCUT2D eigenvalue weighted by Crippen LogP contribution is -2.06. The number of hydrogen-bond acceptors (Lipinski definition) is 3. The van der Waals surface area contributed by atoms with E-state index in [0.717, 1.165) is 6.07 Å². The fraction of sp³-hybridized carbons (Fsp3) is 0.125. The second-order valence-electron chi connectivity index (χ2n) is 1.93. The summed E-state index contributed by atoms with van der Waals surface area (Å²) in [5, 5.41) is 0. The third-order valence-corrected chi connectivity index (χ3v) is 1.11. The molecule has 63 valence electrons. The van der Waals surface area contributed by atoms with Gasteiger partial charge in [-0.15, -0.1) is 0 Å². The Morgan fingerprint density at radius 1 is 1.58 bits per heavy atom. The lowest BCUT2D eigenvalue weighted by Gasteiger charge is -2.00. The van der Waals surface area contributed by atoms with Gasteiger partial charge in [0.2, 0.25) is 0 Å². The predicted octanol–water partition coefficient (Wildman–Crippen LogP) is 1.77. The molecule has 0 unspecified atom stereocenters. The van der Waals surface area contributed by atoms with E-state index in [9.17, 15) is 9.18 Å². The van der Waals surface area contributed by atoms with Crippen LogP contribution in [0.4, 0.5) is 9.18 Å². The van der Waals surface area contributed by atoms with E-state index >= 15 is 0 Å². The van der Waals surface area contributed by atoms with Crippen LogP contribution in [0.1, 0.15) is 0 Å². The SMILES string of the molecule is COC(=O)Oc1c[c]c(F)cc1. The minimum Gasteiger partial charge on any atom is -0.437 e. The monoisotopic (exact) mass is 169 g/mol. The molecule has 0 bridgehead atoms. The van der Waals surface area contributed by atoms with Gasteiger partial charge in [-0.25, -0.2) is 9.18 Å². The van der Waals surface area contributed by atoms with Gasteiger partial charge < -0.3 is 9.47 Å². The number of rotatable bonds is 1. The van der Waals surface area contributed by atoms with Gasteiger partial charge in [0.25, 0.3) is 0 Å². The van der Waals surface area contributed by atoms with Crippen LogP contribution in [0, 0.1) is 11.9 Å². The van der Waals surface area contributed by atoms with E-state index < -0.39 is 12.0 Å². The van der Waals surface area contributed by atoms with Crippen molar-refractivity contribution in [3.8, 4) is 5.75 Å². The molecule has 0 aliphatic rings. The summed E-state index contributed by atoms with van der Waals surface area (Å²) >= 11 is 0. The van der Waals surface area contributed by atoms with Crippen LogP contribution in [0.15, 0.2) is 18.2 Å². The summed E-state index contributed by atoms with van der Waals surface area (Å²) in [5.41, 5.74) is 0. The van der Waals surface area contributed by atoms with E-state index in [4.69, 9.17) is 0 Å². The summed E-state index contributed by atoms with van der Waals surface area (Å²) in [5.74, 6) is -0.310. The van der Waals surface area contributed by atoms with Crippen molar-refractivity contribution in [3.05, 3.63) is 30.1 Å². The second kappa shape index (κ2) is 3.71. The van der Waals surface area contributed by atoms with E-state index in [1.54, 1.807) is 0 Å². The average Bonchev–Trinajstić information content (AvgIpc) is 2.09. The van der Waals surface area contributed by atoms with Crippen LogP contribution < -0.4 is 4.74 Å². The van der Waals surface area contributed by atoms with Crippen LogP contribution in [0.3, 0.4) is 0 Å². The average molecular weight is 169 g/mol. The highest BCUT2D eigenvalue weighted by Gasteiger charge is 2.02. The largest absolute Gasteiger partial charge is 0.513 e. The minimum atomic E-state index is -0.838. The van der Waals surface area contributed by atoms with E-state index in [0.29, 0.717) is 0 Å². The Morgan fingerprint density at radius 2 is 2.33 bits per heavy atom. The van der Waals surface area contributed by atoms with E-state index in [2.05, 4.69) is 15.5 Å². The third-order valence-electron chi connectivity index (χ3n) is 1.11. The minimum absolute atomic E-state index is 0.197. The highest BCUT2D eigenvalue weighted by molar-refractivity contribution is 5.63. The molecule has 0 aliphatic heterocycles. The van der Waals surface area contributed by atoms with Crippen molar-refractivity contribution in [1.29, 1.82) is 0 Å². The molecule has 1 aromatic carbocycles. The highest BCUT2D eigenvalue weighted by atomic mass is 19.1. The number of ether oxygens (including phenoxy) is 2. The van der Waals surface area contributed by atoms with Crippen LogP contribution in [0.5, 0.6) is 5.75 Å². The number of hydrogen-bond donors (Lipinski definition) is 0. The van der Waals surface area contributed by atoms with Crippen molar-refractivity contribution >= 4 is 6.16 Å². The lowest BCUT2D eigenvalue weighted by molar-refractivity contribution is 0.121. The quantitative estimate of drug-likeness (QED) is 0.474. The molecule has 0 saturated carbocycles. The molecule has 3 nitrogen and oxygen atoms in total. The van der Waals surface area contributed by atoms with Crippen molar-refractivity contribution in [2.75, 3.05) is 7.11 Å². The molecule has 0 aromatic heterocycles. The highest BCUT2D eigenvalue weighted by Crippen LogP contribution is 2.10. The number of methoxy groups -OCH3 is 1. The number of carbonyl (C=O) groups excluding carboxylic acids is 1. The van der Waals surface area contributed by atoms with Gasteiger partial charge in [-0.3, -0.25) is 0 Å². The molecular weight excluding hydrogens is 163 g/mol. The van der Waals surface area contributed by atoms with Gasteiger partial charge in [0.1, 0.15) is 11.6 Å². The van der Waals surface area contributed by atoms with Crippen LogP contribution in [0.25, 0.3) is 0 Å².